The van der Waals surface area contributed by atoms with Crippen molar-refractivity contribution in [2.45, 2.75) is 19.9 Å². The van der Waals surface area contributed by atoms with Gasteiger partial charge in [0, 0.05) is 17.0 Å². The summed E-state index contributed by atoms with van der Waals surface area (Å²) < 4.78 is 5.04. The Bertz CT molecular complexity index is 408. The van der Waals surface area contributed by atoms with Gasteiger partial charge in [-0.3, -0.25) is 0 Å². The van der Waals surface area contributed by atoms with E-state index in [0.29, 0.717) is 6.04 Å². The molecule has 0 spiro atoms. The average Bonchev–Trinajstić information content (AvgIpc) is 2.89. The highest BCUT2D eigenvalue weighted by molar-refractivity contribution is 7.13. The van der Waals surface area contributed by atoms with Crippen molar-refractivity contribution in [3.05, 3.63) is 29.7 Å². The zero-order chi connectivity index (χ0) is 10.7. The number of nitrogens with zero attached hydrogens (tertiary/aromatic N) is 1. The van der Waals surface area contributed by atoms with E-state index in [4.69, 9.17) is 4.42 Å². The van der Waals surface area contributed by atoms with Gasteiger partial charge in [-0.2, -0.15) is 0 Å². The minimum Gasteiger partial charge on any atom is -0.472 e. The Balaban J connectivity index is 2.17. The summed E-state index contributed by atoms with van der Waals surface area (Å²) >= 11 is 1.65. The van der Waals surface area contributed by atoms with Gasteiger partial charge in [0.1, 0.15) is 11.3 Å². The fourth-order valence-corrected chi connectivity index (χ4v) is 2.31. The first kappa shape index (κ1) is 10.4. The van der Waals surface area contributed by atoms with Crippen LogP contribution in [0.5, 0.6) is 0 Å². The zero-order valence-electron chi connectivity index (χ0n) is 8.86. The van der Waals surface area contributed by atoms with E-state index in [-0.39, 0.29) is 0 Å². The Kier molecular flexibility index (Phi) is 3.18. The van der Waals surface area contributed by atoms with Crippen molar-refractivity contribution in [3.8, 4) is 10.6 Å². The molecule has 0 amide bonds. The molecule has 3 nitrogen and oxygen atoms in total. The van der Waals surface area contributed by atoms with Crippen molar-refractivity contribution in [1.29, 1.82) is 0 Å². The van der Waals surface area contributed by atoms with Crippen molar-refractivity contribution < 1.29 is 4.42 Å². The fourth-order valence-electron chi connectivity index (χ4n) is 1.41. The van der Waals surface area contributed by atoms with Gasteiger partial charge in [0.25, 0.3) is 0 Å². The molecule has 1 atom stereocenters. The lowest BCUT2D eigenvalue weighted by Gasteiger charge is -2.07. The molecule has 2 heterocycles. The van der Waals surface area contributed by atoms with Crippen LogP contribution in [0.4, 0.5) is 0 Å². The van der Waals surface area contributed by atoms with E-state index in [1.807, 2.05) is 6.07 Å². The highest BCUT2D eigenvalue weighted by Gasteiger charge is 2.10. The second-order valence-corrected chi connectivity index (χ2v) is 4.23. The van der Waals surface area contributed by atoms with E-state index >= 15 is 0 Å². The molecule has 80 valence electrons. The maximum Gasteiger partial charge on any atom is 0.126 e. The fraction of sp³-hybridized carbons (Fsp3) is 0.364. The molecule has 2 aromatic rings. The molecule has 4 heteroatoms. The molecule has 0 bridgehead atoms. The van der Waals surface area contributed by atoms with Gasteiger partial charge in [-0.25, -0.2) is 4.98 Å². The van der Waals surface area contributed by atoms with Crippen LogP contribution in [0.3, 0.4) is 0 Å². The Labute approximate surface area is 93.2 Å². The van der Waals surface area contributed by atoms with Gasteiger partial charge < -0.3 is 9.73 Å². The monoisotopic (exact) mass is 222 g/mol. The largest absolute Gasteiger partial charge is 0.472 e. The number of furan rings is 1. The summed E-state index contributed by atoms with van der Waals surface area (Å²) in [7, 11) is 0. The Morgan fingerprint density at radius 2 is 2.47 bits per heavy atom. The quantitative estimate of drug-likeness (QED) is 0.864. The van der Waals surface area contributed by atoms with Crippen LogP contribution < -0.4 is 5.32 Å². The predicted molar refractivity (Wildman–Crippen MR) is 61.9 cm³/mol. The number of rotatable bonds is 4. The lowest BCUT2D eigenvalue weighted by Crippen LogP contribution is -2.17. The first-order valence-corrected chi connectivity index (χ1v) is 5.90. The van der Waals surface area contributed by atoms with Crippen LogP contribution in [-0.2, 0) is 0 Å². The molecule has 0 aliphatic heterocycles. The van der Waals surface area contributed by atoms with Crippen LogP contribution in [0.2, 0.25) is 0 Å². The molecular formula is C11H14N2OS. The molecule has 0 aliphatic carbocycles. The van der Waals surface area contributed by atoms with Crippen molar-refractivity contribution in [3.63, 3.8) is 0 Å². The number of hydrogen-bond donors (Lipinski definition) is 1. The minimum atomic E-state index is 0.312. The van der Waals surface area contributed by atoms with E-state index in [0.717, 1.165) is 22.8 Å². The second kappa shape index (κ2) is 4.59. The summed E-state index contributed by atoms with van der Waals surface area (Å²) in [5.41, 5.74) is 2.15. The topological polar surface area (TPSA) is 38.1 Å². The van der Waals surface area contributed by atoms with Gasteiger partial charge in [-0.05, 0) is 19.5 Å². The lowest BCUT2D eigenvalue weighted by molar-refractivity contribution is 0.568. The van der Waals surface area contributed by atoms with Gasteiger partial charge in [-0.1, -0.05) is 6.92 Å². The van der Waals surface area contributed by atoms with Crippen molar-refractivity contribution in [2.24, 2.45) is 0 Å². The van der Waals surface area contributed by atoms with Gasteiger partial charge in [-0.15, -0.1) is 11.3 Å². The summed E-state index contributed by atoms with van der Waals surface area (Å²) in [6, 6.07) is 2.24. The van der Waals surface area contributed by atoms with Crippen LogP contribution in [0.15, 0.2) is 28.4 Å². The molecule has 1 unspecified atom stereocenters. The predicted octanol–water partition coefficient (Wildman–Crippen LogP) is 3.07. The van der Waals surface area contributed by atoms with Crippen molar-refractivity contribution in [1.82, 2.24) is 10.3 Å². The highest BCUT2D eigenvalue weighted by Crippen LogP contribution is 2.26. The van der Waals surface area contributed by atoms with Crippen molar-refractivity contribution >= 4 is 11.3 Å². The zero-order valence-corrected chi connectivity index (χ0v) is 9.67. The first-order valence-electron chi connectivity index (χ1n) is 5.02. The summed E-state index contributed by atoms with van der Waals surface area (Å²) in [4.78, 5) is 4.57. The summed E-state index contributed by atoms with van der Waals surface area (Å²) in [5, 5.41) is 6.45. The van der Waals surface area contributed by atoms with Crippen LogP contribution >= 0.6 is 11.3 Å². The average molecular weight is 222 g/mol. The molecule has 0 aromatic carbocycles. The molecule has 2 aromatic heterocycles. The molecular weight excluding hydrogens is 208 g/mol. The van der Waals surface area contributed by atoms with Crippen LogP contribution in [0.25, 0.3) is 10.6 Å². The summed E-state index contributed by atoms with van der Waals surface area (Å²) in [6.45, 7) is 5.18. The van der Waals surface area contributed by atoms with Crippen molar-refractivity contribution in [2.75, 3.05) is 6.54 Å². The number of aromatic nitrogens is 1. The third kappa shape index (κ3) is 2.27. The Morgan fingerprint density at radius 1 is 1.60 bits per heavy atom. The number of nitrogens with one attached hydrogen (secondary N) is 1. The standard InChI is InChI=1S/C11H14N2OS/c1-3-12-8(2)10-7-15-11(13-10)9-4-5-14-6-9/h4-8,12H,3H2,1-2H3. The molecule has 0 radical (unpaired) electrons. The van der Waals surface area contributed by atoms with Gasteiger partial charge in [0.05, 0.1) is 12.0 Å². The second-order valence-electron chi connectivity index (χ2n) is 3.37. The van der Waals surface area contributed by atoms with E-state index in [1.54, 1.807) is 23.9 Å². The smallest absolute Gasteiger partial charge is 0.126 e. The molecule has 0 aliphatic rings. The Hall–Kier alpha value is -1.13. The highest BCUT2D eigenvalue weighted by atomic mass is 32.1. The lowest BCUT2D eigenvalue weighted by atomic mass is 10.2. The van der Waals surface area contributed by atoms with Crippen LogP contribution in [0.1, 0.15) is 25.6 Å². The van der Waals surface area contributed by atoms with E-state index in [1.165, 1.54) is 0 Å². The van der Waals surface area contributed by atoms with Gasteiger partial charge in [0.15, 0.2) is 0 Å². The first-order chi connectivity index (χ1) is 7.31. The summed E-state index contributed by atoms with van der Waals surface area (Å²) in [5.74, 6) is 0. The third-order valence-corrected chi connectivity index (χ3v) is 3.15. The minimum absolute atomic E-state index is 0.312. The molecule has 1 N–H and O–H groups in total. The molecule has 15 heavy (non-hydrogen) atoms. The molecule has 2 rings (SSSR count). The normalized spacial score (nSPS) is 12.9. The van der Waals surface area contributed by atoms with Gasteiger partial charge in [0.2, 0.25) is 0 Å². The maximum atomic E-state index is 5.04. The summed E-state index contributed by atoms with van der Waals surface area (Å²) in [6.07, 6.45) is 3.39. The van der Waals surface area contributed by atoms with E-state index in [9.17, 15) is 0 Å². The number of hydrogen-bond acceptors (Lipinski definition) is 4. The number of thiazole rings is 1. The van der Waals surface area contributed by atoms with Crippen LogP contribution in [-0.4, -0.2) is 11.5 Å². The molecule has 0 saturated heterocycles. The molecule has 0 fully saturated rings. The molecule has 0 saturated carbocycles. The van der Waals surface area contributed by atoms with Crippen LogP contribution in [0, 0.1) is 0 Å². The van der Waals surface area contributed by atoms with Gasteiger partial charge >= 0.3 is 0 Å². The third-order valence-electron chi connectivity index (χ3n) is 2.24. The van der Waals surface area contributed by atoms with E-state index < -0.39 is 0 Å². The van der Waals surface area contributed by atoms with E-state index in [2.05, 4.69) is 29.5 Å². The Morgan fingerprint density at radius 3 is 3.13 bits per heavy atom. The SMILES string of the molecule is CCNC(C)c1csc(-c2ccoc2)n1. The maximum absolute atomic E-state index is 5.04.